The van der Waals surface area contributed by atoms with Crippen LogP contribution in [0.5, 0.6) is 0 Å². The topological polar surface area (TPSA) is 21.8 Å². The van der Waals surface area contributed by atoms with Crippen LogP contribution >= 0.6 is 15.9 Å². The molecule has 0 unspecified atom stereocenters. The smallest absolute Gasteiger partial charge is 0.130 e. The van der Waals surface area contributed by atoms with E-state index >= 15 is 0 Å². The second-order valence-electron chi connectivity index (χ2n) is 5.73. The van der Waals surface area contributed by atoms with E-state index in [4.69, 9.17) is 0 Å². The Morgan fingerprint density at radius 2 is 1.83 bits per heavy atom. The lowest BCUT2D eigenvalue weighted by Crippen LogP contribution is -2.32. The molecule has 0 saturated heterocycles. The fraction of sp³-hybridized carbons (Fsp3) is 0.444. The molecular formula is C18H27BrN4. The van der Waals surface area contributed by atoms with E-state index in [0.717, 1.165) is 17.6 Å². The second-order valence-corrected chi connectivity index (χ2v) is 6.52. The second kappa shape index (κ2) is 9.50. The van der Waals surface area contributed by atoms with Crippen molar-refractivity contribution in [2.75, 3.05) is 31.0 Å². The van der Waals surface area contributed by atoms with Crippen LogP contribution in [0.4, 0.5) is 5.69 Å². The number of para-hydroxylation sites is 1. The van der Waals surface area contributed by atoms with E-state index in [9.17, 15) is 0 Å². The summed E-state index contributed by atoms with van der Waals surface area (Å²) < 4.78 is 0. The Kier molecular flexibility index (Phi) is 7.33. The lowest BCUT2D eigenvalue weighted by molar-refractivity contribution is 0.376. The van der Waals surface area contributed by atoms with Crippen molar-refractivity contribution in [3.63, 3.8) is 0 Å². The first kappa shape index (κ1) is 17.7. The van der Waals surface area contributed by atoms with Gasteiger partial charge in [-0.15, -0.1) is 0 Å². The molecule has 1 aliphatic heterocycles. The van der Waals surface area contributed by atoms with E-state index < -0.39 is 0 Å². The Morgan fingerprint density at radius 3 is 2.57 bits per heavy atom. The van der Waals surface area contributed by atoms with Crippen molar-refractivity contribution in [1.82, 2.24) is 15.2 Å². The molecule has 0 atom stereocenters. The standard InChI is InChI=1S/C18H27BrN4/c1-21-14-15-23(13-9-4-3-8-12-19)18(21)16-20-22(2)17-10-6-5-7-11-17/h5-7,10-11,14-16,20H,3-4,8-9,12-13H2,1-2H3. The number of hydrogen-bond acceptors (Lipinski definition) is 4. The van der Waals surface area contributed by atoms with Crippen molar-refractivity contribution in [1.29, 1.82) is 0 Å². The van der Waals surface area contributed by atoms with E-state index in [1.165, 1.54) is 31.5 Å². The van der Waals surface area contributed by atoms with Gasteiger partial charge in [0.25, 0.3) is 0 Å². The molecule has 0 bridgehead atoms. The Balaban J connectivity index is 1.85. The maximum atomic E-state index is 3.49. The number of halogens is 1. The van der Waals surface area contributed by atoms with Crippen molar-refractivity contribution in [2.45, 2.75) is 25.7 Å². The summed E-state index contributed by atoms with van der Waals surface area (Å²) in [6, 6.07) is 10.3. The molecule has 1 aromatic carbocycles. The molecule has 4 nitrogen and oxygen atoms in total. The van der Waals surface area contributed by atoms with E-state index in [1.54, 1.807) is 0 Å². The average Bonchev–Trinajstić information content (AvgIpc) is 2.93. The number of rotatable bonds is 9. The van der Waals surface area contributed by atoms with Crippen LogP contribution in [0.15, 0.2) is 54.8 Å². The van der Waals surface area contributed by atoms with Crippen LogP contribution in [0, 0.1) is 0 Å². The van der Waals surface area contributed by atoms with Crippen molar-refractivity contribution >= 4 is 21.6 Å². The predicted molar refractivity (Wildman–Crippen MR) is 102 cm³/mol. The maximum Gasteiger partial charge on any atom is 0.130 e. The van der Waals surface area contributed by atoms with Gasteiger partial charge in [0, 0.05) is 38.4 Å². The van der Waals surface area contributed by atoms with Gasteiger partial charge in [0.05, 0.1) is 11.9 Å². The maximum absolute atomic E-state index is 3.49. The quantitative estimate of drug-likeness (QED) is 0.396. The molecule has 0 aromatic heterocycles. The molecule has 1 aromatic rings. The van der Waals surface area contributed by atoms with Gasteiger partial charge in [-0.3, -0.25) is 5.01 Å². The first-order valence-corrected chi connectivity index (χ1v) is 9.33. The summed E-state index contributed by atoms with van der Waals surface area (Å²) in [7, 11) is 4.11. The monoisotopic (exact) mass is 378 g/mol. The molecule has 1 heterocycles. The summed E-state index contributed by atoms with van der Waals surface area (Å²) >= 11 is 3.49. The normalized spacial score (nSPS) is 15.5. The third-order valence-corrected chi connectivity index (χ3v) is 4.50. The highest BCUT2D eigenvalue weighted by Crippen LogP contribution is 2.18. The zero-order chi connectivity index (χ0) is 16.5. The zero-order valence-corrected chi connectivity index (χ0v) is 15.7. The lowest BCUT2D eigenvalue weighted by atomic mass is 10.2. The minimum absolute atomic E-state index is 1.06. The summed E-state index contributed by atoms with van der Waals surface area (Å²) in [5.41, 5.74) is 4.49. The van der Waals surface area contributed by atoms with Gasteiger partial charge in [-0.1, -0.05) is 47.0 Å². The molecular weight excluding hydrogens is 352 g/mol. The predicted octanol–water partition coefficient (Wildman–Crippen LogP) is 4.10. The number of alkyl halides is 1. The van der Waals surface area contributed by atoms with Crippen LogP contribution in [-0.2, 0) is 0 Å². The highest BCUT2D eigenvalue weighted by atomic mass is 79.9. The molecule has 1 aliphatic rings. The molecule has 0 spiro atoms. The van der Waals surface area contributed by atoms with E-state index in [2.05, 4.69) is 68.9 Å². The molecule has 23 heavy (non-hydrogen) atoms. The summed E-state index contributed by atoms with van der Waals surface area (Å²) in [6.07, 6.45) is 11.4. The number of hydrogen-bond donors (Lipinski definition) is 1. The third kappa shape index (κ3) is 5.50. The van der Waals surface area contributed by atoms with Crippen LogP contribution in [-0.4, -0.2) is 35.8 Å². The lowest BCUT2D eigenvalue weighted by Gasteiger charge is -2.25. The number of benzene rings is 1. The molecule has 0 aliphatic carbocycles. The number of unbranched alkanes of at least 4 members (excludes halogenated alkanes) is 3. The highest BCUT2D eigenvalue weighted by molar-refractivity contribution is 9.09. The van der Waals surface area contributed by atoms with Crippen LogP contribution in [0.2, 0.25) is 0 Å². The van der Waals surface area contributed by atoms with Crippen molar-refractivity contribution < 1.29 is 0 Å². The SMILES string of the molecule is CN1C=CN(CCCCCCBr)C1=CNN(C)c1ccccc1. The zero-order valence-electron chi connectivity index (χ0n) is 14.1. The van der Waals surface area contributed by atoms with Crippen molar-refractivity contribution in [3.05, 3.63) is 54.8 Å². The fourth-order valence-corrected chi connectivity index (χ4v) is 2.92. The van der Waals surface area contributed by atoms with Crippen molar-refractivity contribution in [3.8, 4) is 0 Å². The molecule has 0 radical (unpaired) electrons. The summed E-state index contributed by atoms with van der Waals surface area (Å²) in [6.45, 7) is 1.06. The van der Waals surface area contributed by atoms with Gasteiger partial charge < -0.3 is 15.2 Å². The molecule has 126 valence electrons. The Morgan fingerprint density at radius 1 is 1.09 bits per heavy atom. The number of nitrogens with zero attached hydrogens (tertiary/aromatic N) is 3. The molecule has 2 rings (SSSR count). The van der Waals surface area contributed by atoms with Crippen LogP contribution in [0.3, 0.4) is 0 Å². The van der Waals surface area contributed by atoms with Crippen LogP contribution in [0.1, 0.15) is 25.7 Å². The Hall–Kier alpha value is -1.62. The summed E-state index contributed by atoms with van der Waals surface area (Å²) in [4.78, 5) is 4.45. The largest absolute Gasteiger partial charge is 0.335 e. The minimum Gasteiger partial charge on any atom is -0.335 e. The van der Waals surface area contributed by atoms with Gasteiger partial charge in [0.1, 0.15) is 5.82 Å². The van der Waals surface area contributed by atoms with Crippen LogP contribution in [0.25, 0.3) is 0 Å². The van der Waals surface area contributed by atoms with Gasteiger partial charge >= 0.3 is 0 Å². The van der Waals surface area contributed by atoms with Gasteiger partial charge in [-0.25, -0.2) is 0 Å². The summed E-state index contributed by atoms with van der Waals surface area (Å²) in [5, 5.41) is 3.13. The third-order valence-electron chi connectivity index (χ3n) is 3.94. The number of hydrazine groups is 1. The van der Waals surface area contributed by atoms with Gasteiger partial charge in [-0.05, 0) is 25.0 Å². The Labute approximate surface area is 148 Å². The molecule has 1 N–H and O–H groups in total. The molecule has 0 saturated carbocycles. The van der Waals surface area contributed by atoms with Gasteiger partial charge in [0.15, 0.2) is 0 Å². The minimum atomic E-state index is 1.06. The number of anilines is 1. The van der Waals surface area contributed by atoms with E-state index in [1.807, 2.05) is 30.3 Å². The van der Waals surface area contributed by atoms with E-state index in [-0.39, 0.29) is 0 Å². The first-order chi connectivity index (χ1) is 11.2. The molecule has 0 fully saturated rings. The average molecular weight is 379 g/mol. The summed E-state index contributed by atoms with van der Waals surface area (Å²) in [5.74, 6) is 1.17. The fourth-order valence-electron chi connectivity index (χ4n) is 2.52. The van der Waals surface area contributed by atoms with Gasteiger partial charge in [0.2, 0.25) is 0 Å². The van der Waals surface area contributed by atoms with Gasteiger partial charge in [-0.2, -0.15) is 0 Å². The first-order valence-electron chi connectivity index (χ1n) is 8.21. The molecule has 0 amide bonds. The van der Waals surface area contributed by atoms with Crippen LogP contribution < -0.4 is 10.4 Å². The highest BCUT2D eigenvalue weighted by Gasteiger charge is 2.16. The van der Waals surface area contributed by atoms with E-state index in [0.29, 0.717) is 0 Å². The molecule has 5 heteroatoms. The Bertz CT molecular complexity index is 515. The van der Waals surface area contributed by atoms with Crippen molar-refractivity contribution in [2.24, 2.45) is 0 Å². The number of nitrogens with one attached hydrogen (secondary N) is 1.